The molecule has 0 saturated carbocycles. The molecule has 2 heterocycles. The Kier molecular flexibility index (Phi) is 6.61. The first-order valence-electron chi connectivity index (χ1n) is 10.1. The smallest absolute Gasteiger partial charge is 0.243 e. The van der Waals surface area contributed by atoms with Crippen LogP contribution in [0.2, 0.25) is 0 Å². The molecule has 1 atom stereocenters. The number of thioether (sulfide) groups is 1. The molecule has 0 radical (unpaired) electrons. The molecule has 162 valence electrons. The zero-order chi connectivity index (χ0) is 22.5. The Bertz CT molecular complexity index is 1170. The molecule has 1 aromatic heterocycles. The first kappa shape index (κ1) is 21.7. The first-order valence-corrected chi connectivity index (χ1v) is 11.0. The monoisotopic (exact) mass is 448 g/mol. The van der Waals surface area contributed by atoms with Crippen molar-refractivity contribution in [1.82, 2.24) is 9.88 Å². The molecular weight excluding hydrogens is 427 g/mol. The van der Waals surface area contributed by atoms with Crippen LogP contribution in [0.5, 0.6) is 0 Å². The van der Waals surface area contributed by atoms with Crippen LogP contribution in [-0.4, -0.2) is 32.1 Å². The van der Waals surface area contributed by atoms with Crippen molar-refractivity contribution in [3.05, 3.63) is 90.0 Å². The van der Waals surface area contributed by atoms with Crippen molar-refractivity contribution >= 4 is 40.1 Å². The average Bonchev–Trinajstić information content (AvgIpc) is 3.06. The molecule has 8 heteroatoms. The van der Waals surface area contributed by atoms with Gasteiger partial charge in [0, 0.05) is 12.6 Å². The minimum Gasteiger partial charge on any atom is -0.324 e. The highest BCUT2D eigenvalue weighted by Crippen LogP contribution is 2.33. The normalized spacial score (nSPS) is 17.1. The number of benzene rings is 2. The second-order valence-electron chi connectivity index (χ2n) is 7.26. The highest BCUT2D eigenvalue weighted by atomic mass is 32.2. The number of aromatic nitrogens is 1. The van der Waals surface area contributed by atoms with Crippen LogP contribution in [0.4, 0.5) is 15.8 Å². The molecule has 2 amide bonds. The van der Waals surface area contributed by atoms with E-state index in [1.807, 2.05) is 49.4 Å². The number of amidine groups is 1. The zero-order valence-electron chi connectivity index (χ0n) is 17.4. The largest absolute Gasteiger partial charge is 0.324 e. The third-order valence-electron chi connectivity index (χ3n) is 4.92. The molecule has 32 heavy (non-hydrogen) atoms. The number of aryl methyl sites for hydroxylation is 1. The summed E-state index contributed by atoms with van der Waals surface area (Å²) in [4.78, 5) is 36.3. The van der Waals surface area contributed by atoms with Crippen molar-refractivity contribution in [1.29, 1.82) is 0 Å². The van der Waals surface area contributed by atoms with Crippen LogP contribution in [0.15, 0.2) is 77.9 Å². The lowest BCUT2D eigenvalue weighted by Crippen LogP contribution is -2.33. The number of para-hydroxylation sites is 2. The number of amides is 2. The molecular formula is C24H21FN4O2S. The van der Waals surface area contributed by atoms with Crippen molar-refractivity contribution in [3.8, 4) is 0 Å². The van der Waals surface area contributed by atoms with Gasteiger partial charge in [-0.25, -0.2) is 9.38 Å². The molecule has 6 nitrogen and oxygen atoms in total. The van der Waals surface area contributed by atoms with E-state index in [0.717, 1.165) is 16.9 Å². The van der Waals surface area contributed by atoms with Gasteiger partial charge in [0.15, 0.2) is 5.17 Å². The number of hydrogen-bond donors (Lipinski definition) is 1. The number of pyridine rings is 1. The summed E-state index contributed by atoms with van der Waals surface area (Å²) in [5.41, 5.74) is 2.54. The van der Waals surface area contributed by atoms with E-state index in [1.54, 1.807) is 23.2 Å². The van der Waals surface area contributed by atoms with Crippen LogP contribution in [-0.2, 0) is 16.1 Å². The molecule has 0 bridgehead atoms. The maximum atomic E-state index is 13.9. The number of nitrogens with zero attached hydrogens (tertiary/aromatic N) is 3. The topological polar surface area (TPSA) is 74.7 Å². The van der Waals surface area contributed by atoms with Gasteiger partial charge in [-0.2, -0.15) is 0 Å². The maximum absolute atomic E-state index is 13.9. The molecule has 1 fully saturated rings. The van der Waals surface area contributed by atoms with Gasteiger partial charge >= 0.3 is 0 Å². The van der Waals surface area contributed by atoms with Crippen molar-refractivity contribution in [3.63, 3.8) is 0 Å². The Morgan fingerprint density at radius 2 is 1.88 bits per heavy atom. The first-order chi connectivity index (χ1) is 15.5. The summed E-state index contributed by atoms with van der Waals surface area (Å²) in [6.07, 6.45) is 1.57. The predicted octanol–water partition coefficient (Wildman–Crippen LogP) is 4.69. The second-order valence-corrected chi connectivity index (χ2v) is 8.43. The molecule has 1 N–H and O–H groups in total. The Hall–Kier alpha value is -3.52. The van der Waals surface area contributed by atoms with Gasteiger partial charge in [-0.3, -0.25) is 19.5 Å². The molecule has 1 aliphatic rings. The highest BCUT2D eigenvalue weighted by molar-refractivity contribution is 8.15. The van der Waals surface area contributed by atoms with E-state index in [1.165, 1.54) is 23.9 Å². The SMILES string of the molecule is Cc1ccccc1N=C1SC(CC(=O)Nc2ccccc2F)C(=O)N1Cc1ccccn1. The van der Waals surface area contributed by atoms with Gasteiger partial charge in [0.25, 0.3) is 0 Å². The van der Waals surface area contributed by atoms with Crippen LogP contribution >= 0.6 is 11.8 Å². The van der Waals surface area contributed by atoms with E-state index in [2.05, 4.69) is 10.3 Å². The highest BCUT2D eigenvalue weighted by Gasteiger charge is 2.39. The maximum Gasteiger partial charge on any atom is 0.243 e. The number of rotatable bonds is 6. The standard InChI is InChI=1S/C24H21FN4O2S/c1-16-8-2-4-11-19(16)28-24-29(15-17-9-6-7-13-26-17)23(31)21(32-24)14-22(30)27-20-12-5-3-10-18(20)25/h2-13,21H,14-15H2,1H3,(H,27,30). The fourth-order valence-electron chi connectivity index (χ4n) is 3.25. The molecule has 4 rings (SSSR count). The van der Waals surface area contributed by atoms with Gasteiger partial charge in [0.1, 0.15) is 11.1 Å². The summed E-state index contributed by atoms with van der Waals surface area (Å²) in [6, 6.07) is 19.1. The van der Waals surface area contributed by atoms with Crippen molar-refractivity contribution in [2.45, 2.75) is 25.1 Å². The number of halogens is 1. The summed E-state index contributed by atoms with van der Waals surface area (Å²) in [5, 5.41) is 2.40. The minimum absolute atomic E-state index is 0.0899. The third kappa shape index (κ3) is 5.03. The average molecular weight is 449 g/mol. The van der Waals surface area contributed by atoms with E-state index in [9.17, 15) is 14.0 Å². The Balaban J connectivity index is 1.56. The minimum atomic E-state index is -0.659. The van der Waals surface area contributed by atoms with Crippen molar-refractivity contribution in [2.24, 2.45) is 4.99 Å². The summed E-state index contributed by atoms with van der Waals surface area (Å²) < 4.78 is 13.9. The second kappa shape index (κ2) is 9.74. The summed E-state index contributed by atoms with van der Waals surface area (Å²) in [7, 11) is 0. The summed E-state index contributed by atoms with van der Waals surface area (Å²) >= 11 is 1.24. The molecule has 1 aliphatic heterocycles. The zero-order valence-corrected chi connectivity index (χ0v) is 18.2. The Labute approximate surface area is 189 Å². The van der Waals surface area contributed by atoms with Crippen LogP contribution in [0.3, 0.4) is 0 Å². The van der Waals surface area contributed by atoms with E-state index in [-0.39, 0.29) is 24.6 Å². The molecule has 2 aromatic carbocycles. The van der Waals surface area contributed by atoms with Gasteiger partial charge in [0.2, 0.25) is 11.8 Å². The van der Waals surface area contributed by atoms with Crippen molar-refractivity contribution in [2.75, 3.05) is 5.32 Å². The predicted molar refractivity (Wildman–Crippen MR) is 124 cm³/mol. The van der Waals surface area contributed by atoms with E-state index in [4.69, 9.17) is 4.99 Å². The molecule has 1 unspecified atom stereocenters. The van der Waals surface area contributed by atoms with Crippen LogP contribution in [0, 0.1) is 12.7 Å². The number of carbonyl (C=O) groups excluding carboxylic acids is 2. The number of aliphatic imine (C=N–C) groups is 1. The van der Waals surface area contributed by atoms with Crippen LogP contribution < -0.4 is 5.32 Å². The third-order valence-corrected chi connectivity index (χ3v) is 6.09. The number of nitrogens with one attached hydrogen (secondary N) is 1. The summed E-state index contributed by atoms with van der Waals surface area (Å²) in [5.74, 6) is -1.18. The van der Waals surface area contributed by atoms with Gasteiger partial charge < -0.3 is 5.32 Å². The quantitative estimate of drug-likeness (QED) is 0.594. The van der Waals surface area contributed by atoms with Gasteiger partial charge in [-0.1, -0.05) is 48.2 Å². The van der Waals surface area contributed by atoms with Crippen LogP contribution in [0.1, 0.15) is 17.7 Å². The van der Waals surface area contributed by atoms with Gasteiger partial charge in [-0.15, -0.1) is 0 Å². The van der Waals surface area contributed by atoms with Gasteiger partial charge in [0.05, 0.1) is 23.6 Å². The molecule has 1 saturated heterocycles. The summed E-state index contributed by atoms with van der Waals surface area (Å²) in [6.45, 7) is 2.20. The van der Waals surface area contributed by atoms with Gasteiger partial charge in [-0.05, 0) is 42.8 Å². The number of carbonyl (C=O) groups is 2. The Morgan fingerprint density at radius 1 is 1.12 bits per heavy atom. The van der Waals surface area contributed by atoms with E-state index in [0.29, 0.717) is 5.17 Å². The van der Waals surface area contributed by atoms with Crippen LogP contribution in [0.25, 0.3) is 0 Å². The van der Waals surface area contributed by atoms with E-state index >= 15 is 0 Å². The number of hydrogen-bond acceptors (Lipinski definition) is 5. The lowest BCUT2D eigenvalue weighted by molar-refractivity contribution is -0.128. The fourth-order valence-corrected chi connectivity index (χ4v) is 4.40. The molecule has 0 spiro atoms. The lowest BCUT2D eigenvalue weighted by atomic mass is 10.2. The lowest BCUT2D eigenvalue weighted by Gasteiger charge is -2.16. The number of anilines is 1. The Morgan fingerprint density at radius 3 is 2.62 bits per heavy atom. The van der Waals surface area contributed by atoms with Crippen molar-refractivity contribution < 1.29 is 14.0 Å². The van der Waals surface area contributed by atoms with E-state index < -0.39 is 17.0 Å². The molecule has 0 aliphatic carbocycles. The molecule has 3 aromatic rings. The fraction of sp³-hybridized carbons (Fsp3) is 0.167.